The number of hydrogen-bond donors (Lipinski definition) is 0. The van der Waals surface area contributed by atoms with E-state index < -0.39 is 9.84 Å². The number of fused-ring (bicyclic) bond motifs is 1. The largest absolute Gasteiger partial charge is 0.234 e. The molecule has 3 aromatic rings. The van der Waals surface area contributed by atoms with Gasteiger partial charge in [-0.15, -0.1) is 0 Å². The Bertz CT molecular complexity index is 838. The first-order valence-corrected chi connectivity index (χ1v) is 7.32. The molecule has 2 aromatic heterocycles. The molecule has 1 aromatic carbocycles. The smallest absolute Gasteiger partial charge is 0.175 e. The number of hydrogen-bond acceptors (Lipinski definition) is 5. The molecule has 95 valence electrons. The van der Waals surface area contributed by atoms with Gasteiger partial charge in [-0.1, -0.05) is 0 Å². The molecule has 0 amide bonds. The van der Waals surface area contributed by atoms with Crippen molar-refractivity contribution in [2.45, 2.75) is 4.90 Å². The van der Waals surface area contributed by atoms with E-state index in [1.54, 1.807) is 35.1 Å². The van der Waals surface area contributed by atoms with E-state index in [4.69, 9.17) is 0 Å². The Morgan fingerprint density at radius 2 is 1.95 bits per heavy atom. The second kappa shape index (κ2) is 4.13. The van der Waals surface area contributed by atoms with Gasteiger partial charge in [0.2, 0.25) is 0 Å². The molecular formula is C12H9N4O2S. The first kappa shape index (κ1) is 11.8. The summed E-state index contributed by atoms with van der Waals surface area (Å²) in [6.45, 7) is 0. The van der Waals surface area contributed by atoms with E-state index in [2.05, 4.69) is 21.3 Å². The summed E-state index contributed by atoms with van der Waals surface area (Å²) in [6, 6.07) is 6.46. The lowest BCUT2D eigenvalue weighted by Gasteiger charge is -2.03. The molecule has 0 fully saturated rings. The molecule has 0 N–H and O–H groups in total. The Labute approximate surface area is 109 Å². The van der Waals surface area contributed by atoms with Crippen molar-refractivity contribution in [2.75, 3.05) is 6.26 Å². The van der Waals surface area contributed by atoms with Crippen molar-refractivity contribution in [1.82, 2.24) is 19.7 Å². The van der Waals surface area contributed by atoms with Crippen molar-refractivity contribution in [3.8, 4) is 5.69 Å². The quantitative estimate of drug-likeness (QED) is 0.696. The molecule has 6 nitrogen and oxygen atoms in total. The fraction of sp³-hybridized carbons (Fsp3) is 0.0833. The monoisotopic (exact) mass is 273 g/mol. The van der Waals surface area contributed by atoms with Gasteiger partial charge in [0, 0.05) is 6.26 Å². The van der Waals surface area contributed by atoms with Gasteiger partial charge in [0.1, 0.15) is 12.5 Å². The lowest BCUT2D eigenvalue weighted by atomic mass is 10.3. The molecule has 0 saturated carbocycles. The van der Waals surface area contributed by atoms with Crippen molar-refractivity contribution < 1.29 is 8.42 Å². The van der Waals surface area contributed by atoms with Gasteiger partial charge in [0.25, 0.3) is 0 Å². The lowest BCUT2D eigenvalue weighted by molar-refractivity contribution is 0.602. The molecule has 0 aliphatic heterocycles. The first-order chi connectivity index (χ1) is 9.05. The highest BCUT2D eigenvalue weighted by molar-refractivity contribution is 7.90. The molecule has 0 aliphatic carbocycles. The minimum atomic E-state index is -3.19. The highest BCUT2D eigenvalue weighted by Crippen LogP contribution is 2.17. The molecule has 7 heteroatoms. The highest BCUT2D eigenvalue weighted by Gasteiger charge is 2.09. The molecule has 3 rings (SSSR count). The number of benzene rings is 1. The maximum atomic E-state index is 11.4. The van der Waals surface area contributed by atoms with E-state index in [-0.39, 0.29) is 4.90 Å². The second-order valence-corrected chi connectivity index (χ2v) is 6.06. The SMILES string of the molecule is CS(=O)(=O)c1ccc(-n2ncc3[c]ncnc32)cc1. The zero-order valence-corrected chi connectivity index (χ0v) is 10.8. The highest BCUT2D eigenvalue weighted by atomic mass is 32.2. The Kier molecular flexibility index (Phi) is 2.56. The number of sulfone groups is 1. The van der Waals surface area contributed by atoms with Crippen LogP contribution in [0.15, 0.2) is 41.7 Å². The van der Waals surface area contributed by atoms with Crippen LogP contribution < -0.4 is 0 Å². The molecule has 0 unspecified atom stereocenters. The molecule has 2 heterocycles. The molecule has 1 radical (unpaired) electrons. The van der Waals surface area contributed by atoms with Crippen molar-refractivity contribution >= 4 is 20.9 Å². The predicted octanol–water partition coefficient (Wildman–Crippen LogP) is 1.02. The van der Waals surface area contributed by atoms with Gasteiger partial charge in [-0.3, -0.25) is 0 Å². The normalized spacial score (nSPS) is 11.8. The van der Waals surface area contributed by atoms with Gasteiger partial charge in [-0.2, -0.15) is 5.10 Å². The Morgan fingerprint density at radius 1 is 1.21 bits per heavy atom. The van der Waals surface area contributed by atoms with Crippen LogP contribution in [0.3, 0.4) is 0 Å². The van der Waals surface area contributed by atoms with Crippen LogP contribution in [0.4, 0.5) is 0 Å². The topological polar surface area (TPSA) is 77.7 Å². The minimum absolute atomic E-state index is 0.272. The van der Waals surface area contributed by atoms with Crippen LogP contribution in [-0.4, -0.2) is 34.4 Å². The van der Waals surface area contributed by atoms with E-state index in [9.17, 15) is 8.42 Å². The van der Waals surface area contributed by atoms with Gasteiger partial charge in [-0.25, -0.2) is 23.1 Å². The Morgan fingerprint density at radius 3 is 2.63 bits per heavy atom. The fourth-order valence-corrected chi connectivity index (χ4v) is 2.38. The number of nitrogens with zero attached hydrogens (tertiary/aromatic N) is 4. The molecular weight excluding hydrogens is 264 g/mol. The van der Waals surface area contributed by atoms with E-state index in [1.807, 2.05) is 0 Å². The summed E-state index contributed by atoms with van der Waals surface area (Å²) >= 11 is 0. The van der Waals surface area contributed by atoms with Crippen LogP contribution in [0.25, 0.3) is 16.7 Å². The summed E-state index contributed by atoms with van der Waals surface area (Å²) in [6.07, 6.45) is 6.96. The Balaban J connectivity index is 2.12. The fourth-order valence-electron chi connectivity index (χ4n) is 1.75. The average molecular weight is 273 g/mol. The molecule has 0 bridgehead atoms. The molecule has 0 atom stereocenters. The van der Waals surface area contributed by atoms with Crippen molar-refractivity contribution in [3.05, 3.63) is 43.0 Å². The van der Waals surface area contributed by atoms with Gasteiger partial charge >= 0.3 is 0 Å². The summed E-state index contributed by atoms with van der Waals surface area (Å²) in [5, 5.41) is 4.89. The maximum absolute atomic E-state index is 11.4. The van der Waals surface area contributed by atoms with Crippen LogP contribution in [0, 0.1) is 6.20 Å². The summed E-state index contributed by atoms with van der Waals surface area (Å²) in [5.41, 5.74) is 1.36. The van der Waals surface area contributed by atoms with Gasteiger partial charge in [0.05, 0.1) is 22.2 Å². The van der Waals surface area contributed by atoms with E-state index in [1.165, 1.54) is 12.6 Å². The first-order valence-electron chi connectivity index (χ1n) is 5.42. The lowest BCUT2D eigenvalue weighted by Crippen LogP contribution is -2.00. The van der Waals surface area contributed by atoms with Crippen LogP contribution in [-0.2, 0) is 9.84 Å². The van der Waals surface area contributed by atoms with Crippen molar-refractivity contribution in [3.63, 3.8) is 0 Å². The zero-order chi connectivity index (χ0) is 13.5. The summed E-state index contributed by atoms with van der Waals surface area (Å²) < 4.78 is 24.4. The Hall–Kier alpha value is -2.28. The van der Waals surface area contributed by atoms with Gasteiger partial charge in [-0.05, 0) is 24.3 Å². The average Bonchev–Trinajstić information content (AvgIpc) is 2.82. The van der Waals surface area contributed by atoms with Crippen LogP contribution in [0.5, 0.6) is 0 Å². The van der Waals surface area contributed by atoms with Crippen LogP contribution in [0.2, 0.25) is 0 Å². The summed E-state index contributed by atoms with van der Waals surface area (Å²) in [7, 11) is -3.19. The maximum Gasteiger partial charge on any atom is 0.175 e. The number of rotatable bonds is 2. The van der Waals surface area contributed by atoms with Gasteiger partial charge < -0.3 is 0 Å². The molecule has 19 heavy (non-hydrogen) atoms. The number of aromatic nitrogens is 4. The third-order valence-corrected chi connectivity index (χ3v) is 3.80. The zero-order valence-electron chi connectivity index (χ0n) is 9.98. The summed E-state index contributed by atoms with van der Waals surface area (Å²) in [4.78, 5) is 8.20. The third-order valence-electron chi connectivity index (χ3n) is 2.68. The molecule has 0 spiro atoms. The van der Waals surface area contributed by atoms with Gasteiger partial charge in [0.15, 0.2) is 15.5 Å². The van der Waals surface area contributed by atoms with E-state index >= 15 is 0 Å². The predicted molar refractivity (Wildman–Crippen MR) is 68.6 cm³/mol. The standard InChI is InChI=1S/C12H9N4O2S/c1-19(17,18)11-4-2-10(3-5-11)16-12-9(7-15-16)6-13-8-14-12/h2-5,7-8H,1H3. The second-order valence-electron chi connectivity index (χ2n) is 4.05. The summed E-state index contributed by atoms with van der Waals surface area (Å²) in [5.74, 6) is 0. The van der Waals surface area contributed by atoms with Crippen molar-refractivity contribution in [2.24, 2.45) is 0 Å². The molecule has 0 saturated heterocycles. The third kappa shape index (κ3) is 2.08. The van der Waals surface area contributed by atoms with Crippen molar-refractivity contribution in [1.29, 1.82) is 0 Å². The van der Waals surface area contributed by atoms with Crippen LogP contribution >= 0.6 is 0 Å². The van der Waals surface area contributed by atoms with E-state index in [0.29, 0.717) is 11.0 Å². The van der Waals surface area contributed by atoms with E-state index in [0.717, 1.165) is 5.69 Å². The minimum Gasteiger partial charge on any atom is -0.234 e. The molecule has 0 aliphatic rings. The van der Waals surface area contributed by atoms with Crippen LogP contribution in [0.1, 0.15) is 0 Å².